The highest BCUT2D eigenvalue weighted by Crippen LogP contribution is 2.57. The van der Waals surface area contributed by atoms with Gasteiger partial charge in [0.15, 0.2) is 69.0 Å². The number of halogens is 7. The highest BCUT2D eigenvalue weighted by Gasteiger charge is 2.39. The Morgan fingerprint density at radius 2 is 0.843 bits per heavy atom. The second-order valence-electron chi connectivity index (χ2n) is 31.2. The number of benzene rings is 8. The van der Waals surface area contributed by atoms with E-state index in [1.165, 1.54) is 114 Å². The number of carbonyl (C=O) groups excluding carboxylic acids is 3. The number of aliphatic imine (C=N–C) groups is 2. The maximum absolute atomic E-state index is 15.7. The van der Waals surface area contributed by atoms with Crippen LogP contribution in [0.2, 0.25) is 10.0 Å². The molecule has 1 aliphatic rings. The van der Waals surface area contributed by atoms with Crippen LogP contribution >= 0.6 is 50.4 Å². The lowest BCUT2D eigenvalue weighted by Gasteiger charge is -2.31. The van der Waals surface area contributed by atoms with Crippen LogP contribution < -0.4 is 14.9 Å². The van der Waals surface area contributed by atoms with Gasteiger partial charge in [0.05, 0.1) is 45.0 Å². The molecule has 11 aromatic rings. The number of ketones is 3. The molecule has 0 spiro atoms. The zero-order chi connectivity index (χ0) is 87.6. The molecule has 628 valence electrons. The van der Waals surface area contributed by atoms with Gasteiger partial charge in [-0.15, -0.1) is 0 Å². The quantitative estimate of drug-likeness (QED) is 0.0116. The first-order chi connectivity index (χ1) is 57.2. The molecule has 121 heavy (non-hydrogen) atoms. The number of phosphoric ester groups is 2. The second-order valence-corrected chi connectivity index (χ2v) is 35.2. The van der Waals surface area contributed by atoms with E-state index in [4.69, 9.17) is 81.4 Å². The number of phosphoric acid groups is 2. The van der Waals surface area contributed by atoms with Gasteiger partial charge in [0.1, 0.15) is 34.5 Å². The van der Waals surface area contributed by atoms with Gasteiger partial charge in [-0.3, -0.25) is 46.3 Å². The van der Waals surface area contributed by atoms with Gasteiger partial charge in [0.25, 0.3) is 0 Å². The minimum Gasteiger partial charge on any atom is -0.453 e. The van der Waals surface area contributed by atoms with Crippen molar-refractivity contribution in [1.82, 2.24) is 14.5 Å². The first-order valence-corrected chi connectivity index (χ1v) is 42.2. The highest BCUT2D eigenvalue weighted by molar-refractivity contribution is 7.48. The summed E-state index contributed by atoms with van der Waals surface area (Å²) >= 11 is 18.8. The zero-order valence-electron chi connectivity index (χ0n) is 68.3. The molecule has 3 heterocycles. The molecule has 0 unspecified atom stereocenters. The smallest absolute Gasteiger partial charge is 0.453 e. The Bertz CT molecular complexity index is 5700. The van der Waals surface area contributed by atoms with E-state index in [-0.39, 0.29) is 85.9 Å². The molecular weight excluding hydrogens is 1660 g/mol. The van der Waals surface area contributed by atoms with E-state index in [1.54, 1.807) is 101 Å². The molecule has 0 bridgehead atoms. The first kappa shape index (κ1) is 92.5. The van der Waals surface area contributed by atoms with Crippen molar-refractivity contribution in [1.29, 1.82) is 0 Å². The molecule has 0 N–H and O–H groups in total. The monoisotopic (exact) mass is 1740 g/mol. The second kappa shape index (κ2) is 40.7. The summed E-state index contributed by atoms with van der Waals surface area (Å²) in [6.45, 7) is 20.3. The van der Waals surface area contributed by atoms with Crippen LogP contribution in [-0.2, 0) is 65.4 Å². The van der Waals surface area contributed by atoms with Crippen molar-refractivity contribution in [2.24, 2.45) is 9.98 Å². The fraction of sp³-hybridized carbons (Fsp3) is 0.226. The minimum atomic E-state index is -4.21. The van der Waals surface area contributed by atoms with E-state index < -0.39 is 90.8 Å². The average Bonchev–Trinajstić information content (AvgIpc) is 0.790. The SMILES string of the molecule is CC(C)(C)OP(=O)(OCCl)OC(C)(C)C.CC(C)(C)OP(=O)(OCn1cc(C(=O)Cc2ccc(Oc3ccnc(N=C(c4ccccc4)c4ccccc4)c3Cl)c(F)c2)c(=O)c(-c2ccc(F)cc2)c1)OC(C)(C)C.O=C(Cc1ccc(Oc2ccnc(N=C(c3ccccc3)c3ccccc3)c2Cl)c(F)c1)C1=CCC=C(c2ccc(F)cc2)C1=O. The summed E-state index contributed by atoms with van der Waals surface area (Å²) in [5, 5.41) is 0.145. The van der Waals surface area contributed by atoms with Crippen LogP contribution in [-0.4, -0.2) is 71.8 Å². The predicted octanol–water partition coefficient (Wildman–Crippen LogP) is 24.9. The largest absolute Gasteiger partial charge is 0.477 e. The number of allylic oxidation sites excluding steroid dienone is 4. The molecule has 0 saturated carbocycles. The van der Waals surface area contributed by atoms with Gasteiger partial charge in [-0.25, -0.2) is 46.6 Å². The van der Waals surface area contributed by atoms with Gasteiger partial charge < -0.3 is 14.0 Å². The number of hydrogen-bond acceptors (Lipinski definition) is 18. The average molecular weight is 1740 g/mol. The van der Waals surface area contributed by atoms with Crippen molar-refractivity contribution in [3.8, 4) is 34.1 Å². The molecule has 0 radical (unpaired) electrons. The summed E-state index contributed by atoms with van der Waals surface area (Å²) in [7, 11) is -7.80. The van der Waals surface area contributed by atoms with E-state index in [9.17, 15) is 37.1 Å². The normalized spacial score (nSPS) is 12.5. The number of rotatable bonds is 27. The van der Waals surface area contributed by atoms with Crippen molar-refractivity contribution in [3.05, 3.63) is 349 Å². The molecule has 0 saturated heterocycles. The topological polar surface area (TPSA) is 232 Å². The molecule has 1 aliphatic carbocycles. The number of carbonyl (C=O) groups is 3. The van der Waals surface area contributed by atoms with E-state index in [1.807, 2.05) is 121 Å². The van der Waals surface area contributed by atoms with E-state index in [0.29, 0.717) is 40.1 Å². The van der Waals surface area contributed by atoms with Crippen LogP contribution in [0.1, 0.15) is 139 Å². The number of nitrogens with zero attached hydrogens (tertiary/aromatic N) is 5. The Labute approximate surface area is 714 Å². The number of pyridine rings is 3. The maximum atomic E-state index is 15.7. The molecule has 28 heteroatoms. The fourth-order valence-corrected chi connectivity index (χ4v) is 15.9. The molecule has 0 aliphatic heterocycles. The fourth-order valence-electron chi connectivity index (χ4n) is 11.8. The van der Waals surface area contributed by atoms with E-state index in [2.05, 4.69) is 9.97 Å². The Morgan fingerprint density at radius 3 is 1.22 bits per heavy atom. The number of aromatic nitrogens is 3. The maximum Gasteiger partial charge on any atom is 0.477 e. The van der Waals surface area contributed by atoms with Gasteiger partial charge in [0.2, 0.25) is 0 Å². The molecule has 19 nitrogen and oxygen atoms in total. The molecule has 3 aromatic heterocycles. The highest BCUT2D eigenvalue weighted by atomic mass is 35.5. The van der Waals surface area contributed by atoms with Crippen LogP contribution in [0.5, 0.6) is 23.0 Å². The third-order valence-electron chi connectivity index (χ3n) is 16.7. The molecular formula is C93H88Cl3F4N5O14P2. The van der Waals surface area contributed by atoms with E-state index >= 15 is 8.78 Å². The third-order valence-corrected chi connectivity index (χ3v) is 21.6. The summed E-state index contributed by atoms with van der Waals surface area (Å²) in [6, 6.07) is 59.8. The van der Waals surface area contributed by atoms with Crippen molar-refractivity contribution < 1.29 is 77.7 Å². The summed E-state index contributed by atoms with van der Waals surface area (Å²) < 4.78 is 130. The van der Waals surface area contributed by atoms with Crippen LogP contribution in [0, 0.1) is 23.3 Å². The zero-order valence-corrected chi connectivity index (χ0v) is 72.3. The van der Waals surface area contributed by atoms with Gasteiger partial charge in [0, 0.05) is 83.2 Å². The van der Waals surface area contributed by atoms with Crippen molar-refractivity contribution in [2.75, 3.05) is 6.07 Å². The Hall–Kier alpha value is -10.8. The summed E-state index contributed by atoms with van der Waals surface area (Å²) in [5.74, 6) is -3.70. The van der Waals surface area contributed by atoms with Gasteiger partial charge in [-0.2, -0.15) is 0 Å². The number of hydrogen-bond donors (Lipinski definition) is 0. The van der Waals surface area contributed by atoms with Crippen LogP contribution in [0.25, 0.3) is 16.7 Å². The number of ether oxygens (including phenoxy) is 2. The van der Waals surface area contributed by atoms with Gasteiger partial charge in [-0.1, -0.05) is 205 Å². The summed E-state index contributed by atoms with van der Waals surface area (Å²) in [6.07, 6.45) is 8.61. The van der Waals surface area contributed by atoms with Gasteiger partial charge in [-0.05, 0) is 160 Å². The Morgan fingerprint density at radius 1 is 0.463 bits per heavy atom. The van der Waals surface area contributed by atoms with Crippen LogP contribution in [0.4, 0.5) is 29.2 Å². The Balaban J connectivity index is 0.000000222. The summed E-state index contributed by atoms with van der Waals surface area (Å²) in [4.78, 5) is 72.1. The van der Waals surface area contributed by atoms with Crippen molar-refractivity contribution in [2.45, 2.75) is 131 Å². The Kier molecular flexibility index (Phi) is 31.2. The van der Waals surface area contributed by atoms with Crippen LogP contribution in [0.15, 0.2) is 276 Å². The lowest BCUT2D eigenvalue weighted by Crippen LogP contribution is -2.25. The first-order valence-electron chi connectivity index (χ1n) is 38.0. The van der Waals surface area contributed by atoms with E-state index in [0.717, 1.165) is 28.3 Å². The molecule has 0 atom stereocenters. The van der Waals surface area contributed by atoms with Gasteiger partial charge >= 0.3 is 15.6 Å². The van der Waals surface area contributed by atoms with Crippen molar-refractivity contribution >= 4 is 96.4 Å². The minimum absolute atomic E-state index is 0.0181. The standard InChI is InChI=1S/C46H43ClF2N3O7P.C38H25ClF2N2O3.C9H20ClO4P/c1-45(2,3)58-60(55,59-46(4,5)6)56-29-52-27-35(31-18-20-34(48)21-19-31)43(54)36(28-52)38(53)26-30-17-22-39(37(49)25-30)57-40-23-24-50-44(41(40)47)51-42(32-13-9-7-10-14-32)33-15-11-8-12-16-33;39-35-34(20-21-42-38(35)43-36(26-8-3-1-4-9-26)27-10-5-2-6-11-27)46-33-19-14-24(22-31(33)41)23-32(44)30-13-7-12-29(37(30)45)25-15-17-28(40)18-16-25;1-8(2,3)13-15(11,12-7-10)14-9(4,5)6/h7-25,27-28H,26,29H2,1-6H3;1-6,8-22H,7,23H2;7H2,1-6H3. The third kappa shape index (κ3) is 27.1. The molecule has 0 amide bonds. The van der Waals surface area contributed by atoms with Crippen LogP contribution in [0.3, 0.4) is 0 Å². The number of alkyl halides is 1. The molecule has 8 aromatic carbocycles. The summed E-state index contributed by atoms with van der Waals surface area (Å²) in [5.41, 5.74) is 2.50. The predicted molar refractivity (Wildman–Crippen MR) is 464 cm³/mol. The lowest BCUT2D eigenvalue weighted by atomic mass is 9.88. The molecule has 12 rings (SSSR count). The van der Waals surface area contributed by atoms with Crippen molar-refractivity contribution in [3.63, 3.8) is 0 Å². The number of Topliss-reactive ketones (excluding diaryl/α,β-unsaturated/α-hetero) is 3. The lowest BCUT2D eigenvalue weighted by molar-refractivity contribution is -0.118. The molecule has 0 fully saturated rings.